The first-order valence-electron chi connectivity index (χ1n) is 9.59. The molecule has 0 aliphatic rings. The Kier molecular flexibility index (Phi) is 5.49. The van der Waals surface area contributed by atoms with E-state index in [1.807, 2.05) is 57.4 Å². The molecule has 30 heavy (non-hydrogen) atoms. The summed E-state index contributed by atoms with van der Waals surface area (Å²) in [5, 5.41) is 3.24. The van der Waals surface area contributed by atoms with Crippen LogP contribution in [-0.4, -0.2) is 47.6 Å². The molecular formula is C22H24Cl2N6. The van der Waals surface area contributed by atoms with Crippen LogP contribution in [-0.2, 0) is 13.1 Å². The van der Waals surface area contributed by atoms with Crippen molar-refractivity contribution < 1.29 is 0 Å². The summed E-state index contributed by atoms with van der Waals surface area (Å²) in [5.74, 6) is 1.07. The molecular weight excluding hydrogens is 419 g/mol. The molecule has 2 N–H and O–H groups in total. The molecule has 0 fully saturated rings. The van der Waals surface area contributed by atoms with Gasteiger partial charge < -0.3 is 20.1 Å². The Balaban J connectivity index is 1.98. The fraction of sp³-hybridized carbons (Fsp3) is 0.273. The van der Waals surface area contributed by atoms with Crippen LogP contribution >= 0.6 is 23.2 Å². The number of aromatic nitrogens is 3. The number of benzene rings is 2. The van der Waals surface area contributed by atoms with Crippen LogP contribution in [0.1, 0.15) is 11.1 Å². The highest BCUT2D eigenvalue weighted by Crippen LogP contribution is 2.35. The lowest BCUT2D eigenvalue weighted by Gasteiger charge is -2.14. The van der Waals surface area contributed by atoms with E-state index in [2.05, 4.69) is 26.7 Å². The van der Waals surface area contributed by atoms with E-state index in [-0.39, 0.29) is 0 Å². The van der Waals surface area contributed by atoms with Gasteiger partial charge in [-0.1, -0.05) is 29.3 Å². The van der Waals surface area contributed by atoms with E-state index < -0.39 is 0 Å². The van der Waals surface area contributed by atoms with Gasteiger partial charge in [-0.3, -0.25) is 0 Å². The molecule has 0 bridgehead atoms. The molecule has 156 valence electrons. The van der Waals surface area contributed by atoms with Crippen LogP contribution in [0.25, 0.3) is 21.8 Å². The second-order valence-corrected chi connectivity index (χ2v) is 8.69. The predicted molar refractivity (Wildman–Crippen MR) is 127 cm³/mol. The molecule has 0 aliphatic carbocycles. The van der Waals surface area contributed by atoms with Crippen LogP contribution < -0.4 is 10.6 Å². The molecule has 0 radical (unpaired) electrons. The summed E-state index contributed by atoms with van der Waals surface area (Å²) < 4.78 is 2.17. The van der Waals surface area contributed by atoms with Gasteiger partial charge in [0, 0.05) is 53.3 Å². The van der Waals surface area contributed by atoms with E-state index in [4.69, 9.17) is 33.9 Å². The minimum Gasteiger partial charge on any atom is -0.383 e. The van der Waals surface area contributed by atoms with Gasteiger partial charge >= 0.3 is 0 Å². The van der Waals surface area contributed by atoms with Crippen LogP contribution in [0.3, 0.4) is 0 Å². The molecule has 0 spiro atoms. The first-order valence-corrected chi connectivity index (χ1v) is 10.3. The van der Waals surface area contributed by atoms with E-state index in [1.54, 1.807) is 0 Å². The molecule has 4 rings (SSSR count). The highest BCUT2D eigenvalue weighted by atomic mass is 35.5. The van der Waals surface area contributed by atoms with Gasteiger partial charge in [-0.2, -0.15) is 4.98 Å². The number of halogens is 2. The van der Waals surface area contributed by atoms with Gasteiger partial charge in [-0.05, 0) is 43.9 Å². The lowest BCUT2D eigenvalue weighted by molar-refractivity contribution is 0.403. The smallest absolute Gasteiger partial charge is 0.227 e. The van der Waals surface area contributed by atoms with Crippen LogP contribution in [0.15, 0.2) is 36.5 Å². The highest BCUT2D eigenvalue weighted by Gasteiger charge is 2.18. The Labute approximate surface area is 185 Å². The van der Waals surface area contributed by atoms with E-state index in [9.17, 15) is 0 Å². The molecule has 4 aromatic rings. The maximum Gasteiger partial charge on any atom is 0.227 e. The summed E-state index contributed by atoms with van der Waals surface area (Å²) in [6.07, 6.45) is 2.14. The van der Waals surface area contributed by atoms with Crippen LogP contribution in [0.5, 0.6) is 0 Å². The van der Waals surface area contributed by atoms with Crippen molar-refractivity contribution in [2.45, 2.75) is 13.1 Å². The molecule has 6 nitrogen and oxygen atoms in total. The Hall–Kier alpha value is -2.54. The summed E-state index contributed by atoms with van der Waals surface area (Å²) in [4.78, 5) is 13.2. The second-order valence-electron chi connectivity index (χ2n) is 7.88. The predicted octanol–water partition coefficient (Wildman–Crippen LogP) is 4.65. The summed E-state index contributed by atoms with van der Waals surface area (Å²) in [6, 6.07) is 9.64. The normalized spacial score (nSPS) is 11.7. The van der Waals surface area contributed by atoms with Gasteiger partial charge in [0.15, 0.2) is 0 Å². The van der Waals surface area contributed by atoms with Crippen molar-refractivity contribution in [1.29, 1.82) is 0 Å². The molecule has 0 aliphatic heterocycles. The number of fused-ring (bicyclic) bond motifs is 3. The second kappa shape index (κ2) is 7.95. The van der Waals surface area contributed by atoms with E-state index >= 15 is 0 Å². The van der Waals surface area contributed by atoms with Crippen molar-refractivity contribution in [3.8, 4) is 0 Å². The summed E-state index contributed by atoms with van der Waals surface area (Å²) in [5.41, 5.74) is 10.3. The fourth-order valence-corrected chi connectivity index (χ4v) is 4.28. The van der Waals surface area contributed by atoms with Crippen molar-refractivity contribution in [2.24, 2.45) is 0 Å². The Morgan fingerprint density at radius 2 is 1.67 bits per heavy atom. The fourth-order valence-electron chi connectivity index (χ4n) is 3.76. The van der Waals surface area contributed by atoms with Gasteiger partial charge in [-0.25, -0.2) is 4.98 Å². The average Bonchev–Trinajstić information content (AvgIpc) is 3.01. The van der Waals surface area contributed by atoms with Gasteiger partial charge in [0.1, 0.15) is 5.82 Å². The molecule has 8 heteroatoms. The summed E-state index contributed by atoms with van der Waals surface area (Å²) in [6.45, 7) is 1.32. The first-order chi connectivity index (χ1) is 14.3. The summed E-state index contributed by atoms with van der Waals surface area (Å²) in [7, 11) is 7.90. The molecule has 0 saturated carbocycles. The minimum absolute atomic E-state index is 0.475. The van der Waals surface area contributed by atoms with Gasteiger partial charge in [0.2, 0.25) is 5.95 Å². The highest BCUT2D eigenvalue weighted by molar-refractivity contribution is 6.36. The van der Waals surface area contributed by atoms with Gasteiger partial charge in [0.05, 0.1) is 17.4 Å². The quantitative estimate of drug-likeness (QED) is 0.487. The van der Waals surface area contributed by atoms with Gasteiger partial charge in [0.25, 0.3) is 0 Å². The Morgan fingerprint density at radius 1 is 0.967 bits per heavy atom. The molecule has 2 aromatic carbocycles. The van der Waals surface area contributed by atoms with Gasteiger partial charge in [-0.15, -0.1) is 0 Å². The molecule has 2 heterocycles. The van der Waals surface area contributed by atoms with Crippen LogP contribution in [0.2, 0.25) is 10.0 Å². The maximum absolute atomic E-state index is 6.44. The molecule has 0 saturated heterocycles. The number of nitrogens with zero attached hydrogens (tertiary/aromatic N) is 5. The topological polar surface area (TPSA) is 63.2 Å². The lowest BCUT2D eigenvalue weighted by atomic mass is 10.1. The average molecular weight is 443 g/mol. The standard InChI is InChI=1S/C22H24Cl2N6/c1-28(2)10-13-11-30(12-14-15(23)6-5-7-16(14)24)18-9-8-17-20(19(13)18)21(25)27-22(26-17)29(3)4/h5-9,11H,10,12H2,1-4H3,(H2,25,26,27). The van der Waals surface area contributed by atoms with E-state index in [0.29, 0.717) is 28.4 Å². The number of rotatable bonds is 5. The van der Waals surface area contributed by atoms with Crippen molar-refractivity contribution in [3.05, 3.63) is 57.7 Å². The third-order valence-electron chi connectivity index (χ3n) is 5.08. The van der Waals surface area contributed by atoms with Crippen molar-refractivity contribution in [1.82, 2.24) is 19.4 Å². The number of anilines is 2. The third-order valence-corrected chi connectivity index (χ3v) is 5.79. The number of hydrogen-bond acceptors (Lipinski definition) is 5. The van der Waals surface area contributed by atoms with Crippen LogP contribution in [0.4, 0.5) is 11.8 Å². The third kappa shape index (κ3) is 3.67. The number of nitrogens with two attached hydrogens (primary N) is 1. The molecule has 0 unspecified atom stereocenters. The zero-order valence-electron chi connectivity index (χ0n) is 17.4. The van der Waals surface area contributed by atoms with E-state index in [0.717, 1.165) is 39.5 Å². The monoisotopic (exact) mass is 442 g/mol. The zero-order chi connectivity index (χ0) is 21.6. The van der Waals surface area contributed by atoms with E-state index in [1.165, 1.54) is 0 Å². The zero-order valence-corrected chi connectivity index (χ0v) is 19.0. The number of nitrogen functional groups attached to an aromatic ring is 1. The SMILES string of the molecule is CN(C)Cc1cn(Cc2c(Cl)cccc2Cl)c2ccc3nc(N(C)C)nc(N)c3c12. The largest absolute Gasteiger partial charge is 0.383 e. The number of hydrogen-bond donors (Lipinski definition) is 1. The van der Waals surface area contributed by atoms with Crippen molar-refractivity contribution in [2.75, 3.05) is 38.8 Å². The summed E-state index contributed by atoms with van der Waals surface area (Å²) >= 11 is 12.9. The van der Waals surface area contributed by atoms with Crippen LogP contribution in [0, 0.1) is 0 Å². The first kappa shape index (κ1) is 20.7. The van der Waals surface area contributed by atoms with Crippen molar-refractivity contribution >= 4 is 56.8 Å². The Bertz CT molecular complexity index is 1230. The lowest BCUT2D eigenvalue weighted by Crippen LogP contribution is -2.14. The molecule has 0 atom stereocenters. The van der Waals surface area contributed by atoms with Crippen molar-refractivity contribution in [3.63, 3.8) is 0 Å². The molecule has 2 aromatic heterocycles. The minimum atomic E-state index is 0.475. The molecule has 0 amide bonds. The maximum atomic E-state index is 6.44. The Morgan fingerprint density at radius 3 is 2.30 bits per heavy atom.